The summed E-state index contributed by atoms with van der Waals surface area (Å²) in [4.78, 5) is 23.7. The minimum atomic E-state index is -0.560. The zero-order valence-corrected chi connectivity index (χ0v) is 10.7. The van der Waals surface area contributed by atoms with E-state index in [2.05, 4.69) is 4.90 Å². The SMILES string of the molecule is NC(=O)Cc1ccc(CN2CCCC2)cc1[N+](=O)[O-]. The number of nitro groups is 1. The van der Waals surface area contributed by atoms with Crippen molar-refractivity contribution >= 4 is 11.6 Å². The monoisotopic (exact) mass is 263 g/mol. The molecule has 0 saturated carbocycles. The van der Waals surface area contributed by atoms with E-state index < -0.39 is 10.8 Å². The topological polar surface area (TPSA) is 89.5 Å². The lowest BCUT2D eigenvalue weighted by atomic mass is 10.1. The number of hydrogen-bond donors (Lipinski definition) is 1. The number of hydrogen-bond acceptors (Lipinski definition) is 4. The zero-order valence-electron chi connectivity index (χ0n) is 10.7. The summed E-state index contributed by atoms with van der Waals surface area (Å²) in [7, 11) is 0. The van der Waals surface area contributed by atoms with Crippen molar-refractivity contribution < 1.29 is 9.72 Å². The molecule has 0 atom stereocenters. The number of carbonyl (C=O) groups excluding carboxylic acids is 1. The van der Waals surface area contributed by atoms with E-state index in [1.165, 1.54) is 12.8 Å². The van der Waals surface area contributed by atoms with Gasteiger partial charge < -0.3 is 5.73 Å². The molecule has 0 spiro atoms. The third-order valence-electron chi connectivity index (χ3n) is 3.32. The van der Waals surface area contributed by atoms with Crippen LogP contribution in [0.25, 0.3) is 0 Å². The second-order valence-corrected chi connectivity index (χ2v) is 4.85. The summed E-state index contributed by atoms with van der Waals surface area (Å²) < 4.78 is 0. The number of nitrogens with zero attached hydrogens (tertiary/aromatic N) is 2. The van der Waals surface area contributed by atoms with E-state index in [1.54, 1.807) is 12.1 Å². The van der Waals surface area contributed by atoms with Crippen molar-refractivity contribution in [2.75, 3.05) is 13.1 Å². The third kappa shape index (κ3) is 3.51. The van der Waals surface area contributed by atoms with Crippen LogP contribution in [-0.2, 0) is 17.8 Å². The Hall–Kier alpha value is -1.95. The van der Waals surface area contributed by atoms with Crippen LogP contribution in [0.3, 0.4) is 0 Å². The van der Waals surface area contributed by atoms with Gasteiger partial charge >= 0.3 is 0 Å². The van der Waals surface area contributed by atoms with E-state index >= 15 is 0 Å². The molecule has 0 aliphatic carbocycles. The number of likely N-dealkylation sites (tertiary alicyclic amines) is 1. The van der Waals surface area contributed by atoms with Crippen LogP contribution in [0, 0.1) is 10.1 Å². The average molecular weight is 263 g/mol. The fourth-order valence-corrected chi connectivity index (χ4v) is 2.41. The third-order valence-corrected chi connectivity index (χ3v) is 3.32. The lowest BCUT2D eigenvalue weighted by molar-refractivity contribution is -0.385. The molecule has 1 saturated heterocycles. The van der Waals surface area contributed by atoms with Crippen LogP contribution in [0.5, 0.6) is 0 Å². The molecule has 102 valence electrons. The second-order valence-electron chi connectivity index (χ2n) is 4.85. The smallest absolute Gasteiger partial charge is 0.273 e. The van der Waals surface area contributed by atoms with Crippen molar-refractivity contribution in [2.24, 2.45) is 5.73 Å². The van der Waals surface area contributed by atoms with Gasteiger partial charge in [-0.15, -0.1) is 0 Å². The molecule has 1 aliphatic rings. The van der Waals surface area contributed by atoms with Crippen molar-refractivity contribution in [3.05, 3.63) is 39.4 Å². The van der Waals surface area contributed by atoms with Gasteiger partial charge in [-0.2, -0.15) is 0 Å². The van der Waals surface area contributed by atoms with Gasteiger partial charge in [0, 0.05) is 18.2 Å². The van der Waals surface area contributed by atoms with E-state index in [1.807, 2.05) is 6.07 Å². The largest absolute Gasteiger partial charge is 0.369 e. The first kappa shape index (κ1) is 13.5. The number of carbonyl (C=O) groups is 1. The molecule has 1 heterocycles. The molecule has 19 heavy (non-hydrogen) atoms. The van der Waals surface area contributed by atoms with Gasteiger partial charge in [0.05, 0.1) is 11.3 Å². The molecule has 6 nitrogen and oxygen atoms in total. The van der Waals surface area contributed by atoms with Gasteiger partial charge in [0.25, 0.3) is 5.69 Å². The van der Waals surface area contributed by atoms with Crippen molar-refractivity contribution in [3.8, 4) is 0 Å². The van der Waals surface area contributed by atoms with E-state index in [9.17, 15) is 14.9 Å². The number of rotatable bonds is 5. The van der Waals surface area contributed by atoms with E-state index in [0.717, 1.165) is 25.2 Å². The quantitative estimate of drug-likeness (QED) is 0.639. The second kappa shape index (κ2) is 5.79. The first-order valence-corrected chi connectivity index (χ1v) is 6.33. The predicted molar refractivity (Wildman–Crippen MR) is 70.5 cm³/mol. The van der Waals surface area contributed by atoms with Gasteiger partial charge in [-0.3, -0.25) is 19.8 Å². The van der Waals surface area contributed by atoms with Crippen LogP contribution < -0.4 is 5.73 Å². The molecular formula is C13H17N3O3. The van der Waals surface area contributed by atoms with Crippen LogP contribution in [0.2, 0.25) is 0 Å². The molecule has 1 amide bonds. The van der Waals surface area contributed by atoms with Crippen LogP contribution in [-0.4, -0.2) is 28.8 Å². The molecule has 1 fully saturated rings. The first-order chi connectivity index (χ1) is 9.06. The van der Waals surface area contributed by atoms with E-state index in [0.29, 0.717) is 5.56 Å². The molecule has 2 N–H and O–H groups in total. The summed E-state index contributed by atoms with van der Waals surface area (Å²) in [5.41, 5.74) is 6.36. The molecule has 1 aromatic carbocycles. The van der Waals surface area contributed by atoms with Gasteiger partial charge in [0.15, 0.2) is 0 Å². The Labute approximate surface area is 111 Å². The average Bonchev–Trinajstić information content (AvgIpc) is 2.83. The molecule has 1 aliphatic heterocycles. The zero-order chi connectivity index (χ0) is 13.8. The summed E-state index contributed by atoms with van der Waals surface area (Å²) >= 11 is 0. The Balaban J connectivity index is 2.19. The Morgan fingerprint density at radius 2 is 2.05 bits per heavy atom. The van der Waals surface area contributed by atoms with Crippen molar-refractivity contribution in [2.45, 2.75) is 25.8 Å². The first-order valence-electron chi connectivity index (χ1n) is 6.33. The summed E-state index contributed by atoms with van der Waals surface area (Å²) in [6.07, 6.45) is 2.27. The summed E-state index contributed by atoms with van der Waals surface area (Å²) in [5, 5.41) is 11.0. The lowest BCUT2D eigenvalue weighted by Gasteiger charge is -2.14. The number of benzene rings is 1. The van der Waals surface area contributed by atoms with E-state index in [-0.39, 0.29) is 12.1 Å². The summed E-state index contributed by atoms with van der Waals surface area (Å²) in [6, 6.07) is 5.02. The normalized spacial score (nSPS) is 15.6. The molecule has 6 heteroatoms. The molecule has 0 unspecified atom stereocenters. The van der Waals surface area contributed by atoms with Crippen molar-refractivity contribution in [3.63, 3.8) is 0 Å². The van der Waals surface area contributed by atoms with Gasteiger partial charge in [-0.1, -0.05) is 12.1 Å². The van der Waals surface area contributed by atoms with Crippen molar-refractivity contribution in [1.82, 2.24) is 4.90 Å². The van der Waals surface area contributed by atoms with Gasteiger partial charge in [-0.25, -0.2) is 0 Å². The number of nitrogens with two attached hydrogens (primary N) is 1. The molecule has 2 rings (SSSR count). The number of nitro benzene ring substituents is 1. The molecule has 0 radical (unpaired) electrons. The maximum Gasteiger partial charge on any atom is 0.273 e. The number of primary amides is 1. The Morgan fingerprint density at radius 3 is 2.63 bits per heavy atom. The van der Waals surface area contributed by atoms with Gasteiger partial charge in [-0.05, 0) is 31.5 Å². The Bertz CT molecular complexity index is 496. The van der Waals surface area contributed by atoms with Crippen LogP contribution in [0.15, 0.2) is 18.2 Å². The highest BCUT2D eigenvalue weighted by Gasteiger charge is 2.18. The fraction of sp³-hybridized carbons (Fsp3) is 0.462. The molecular weight excluding hydrogens is 246 g/mol. The van der Waals surface area contributed by atoms with Crippen LogP contribution in [0.4, 0.5) is 5.69 Å². The summed E-state index contributed by atoms with van der Waals surface area (Å²) in [5.74, 6) is -0.560. The lowest BCUT2D eigenvalue weighted by Crippen LogP contribution is -2.19. The summed E-state index contributed by atoms with van der Waals surface area (Å²) in [6.45, 7) is 2.80. The van der Waals surface area contributed by atoms with Crippen molar-refractivity contribution in [1.29, 1.82) is 0 Å². The van der Waals surface area contributed by atoms with Crippen LogP contribution in [0.1, 0.15) is 24.0 Å². The highest BCUT2D eigenvalue weighted by atomic mass is 16.6. The molecule has 1 aromatic rings. The van der Waals surface area contributed by atoms with Gasteiger partial charge in [0.2, 0.25) is 5.91 Å². The standard InChI is InChI=1S/C13H17N3O3/c14-13(17)8-11-4-3-10(7-12(11)16(18)19)9-15-5-1-2-6-15/h3-4,7H,1-2,5-6,8-9H2,(H2,14,17). The minimum Gasteiger partial charge on any atom is -0.369 e. The molecule has 0 aromatic heterocycles. The van der Waals surface area contributed by atoms with Gasteiger partial charge in [0.1, 0.15) is 0 Å². The highest BCUT2D eigenvalue weighted by molar-refractivity contribution is 5.78. The number of amides is 1. The Kier molecular flexibility index (Phi) is 4.11. The highest BCUT2D eigenvalue weighted by Crippen LogP contribution is 2.22. The fourth-order valence-electron chi connectivity index (χ4n) is 2.41. The minimum absolute atomic E-state index is 0.0181. The maximum absolute atomic E-state index is 11.0. The van der Waals surface area contributed by atoms with Crippen LogP contribution >= 0.6 is 0 Å². The Morgan fingerprint density at radius 1 is 1.37 bits per heavy atom. The maximum atomic E-state index is 11.0. The van der Waals surface area contributed by atoms with E-state index in [4.69, 9.17) is 5.73 Å². The molecule has 0 bridgehead atoms. The predicted octanol–water partition coefficient (Wildman–Crippen LogP) is 1.22.